The molecule has 0 N–H and O–H groups in total. The van der Waals surface area contributed by atoms with Crippen molar-refractivity contribution >= 4 is 6.16 Å². The molecule has 4 nitrogen and oxygen atoms in total. The Kier molecular flexibility index (Phi) is 11.8. The molecule has 4 heteroatoms. The fourth-order valence-corrected chi connectivity index (χ4v) is 5.15. The van der Waals surface area contributed by atoms with Gasteiger partial charge in [0.2, 0.25) is 0 Å². The van der Waals surface area contributed by atoms with Gasteiger partial charge in [0, 0.05) is 0 Å². The van der Waals surface area contributed by atoms with Crippen LogP contribution in [0.5, 0.6) is 5.75 Å². The fraction of sp³-hybridized carbons (Fsp3) is 0.562. The van der Waals surface area contributed by atoms with Gasteiger partial charge in [-0.1, -0.05) is 95.5 Å². The number of rotatable bonds is 13. The molecule has 0 unspecified atom stereocenters. The summed E-state index contributed by atoms with van der Waals surface area (Å²) in [5.74, 6) is 1.01. The van der Waals surface area contributed by atoms with Gasteiger partial charge in [-0.15, -0.1) is 0 Å². The zero-order chi connectivity index (χ0) is 25.6. The van der Waals surface area contributed by atoms with Crippen LogP contribution >= 0.6 is 0 Å². The third kappa shape index (κ3) is 9.01. The molecule has 194 valence electrons. The molecular formula is C32H43NO3. The van der Waals surface area contributed by atoms with Crippen molar-refractivity contribution in [2.75, 3.05) is 0 Å². The van der Waals surface area contributed by atoms with Gasteiger partial charge in [0.15, 0.2) is 5.75 Å². The number of carbonyl (C=O) groups excluding carboxylic acids is 1. The second-order valence-corrected chi connectivity index (χ2v) is 10.3. The van der Waals surface area contributed by atoms with E-state index in [1.807, 2.05) is 6.07 Å². The van der Waals surface area contributed by atoms with Crippen molar-refractivity contribution in [3.63, 3.8) is 0 Å². The van der Waals surface area contributed by atoms with Crippen molar-refractivity contribution in [1.82, 2.24) is 0 Å². The first kappa shape index (κ1) is 27.8. The molecule has 0 aliphatic heterocycles. The van der Waals surface area contributed by atoms with E-state index >= 15 is 0 Å². The van der Waals surface area contributed by atoms with E-state index in [9.17, 15) is 10.1 Å². The van der Waals surface area contributed by atoms with E-state index < -0.39 is 6.16 Å². The van der Waals surface area contributed by atoms with Crippen LogP contribution in [0.25, 0.3) is 11.1 Å². The van der Waals surface area contributed by atoms with Crippen LogP contribution in [0.1, 0.15) is 108 Å². The highest BCUT2D eigenvalue weighted by molar-refractivity contribution is 5.70. The summed E-state index contributed by atoms with van der Waals surface area (Å²) in [5.41, 5.74) is 3.65. The number of aryl methyl sites for hydroxylation is 1. The van der Waals surface area contributed by atoms with Crippen molar-refractivity contribution in [1.29, 1.82) is 5.26 Å². The Morgan fingerprint density at radius 1 is 0.861 bits per heavy atom. The standard InChI is InChI=1S/C32H43NO3/c1-3-5-7-9-11-25-13-17-27(18-14-25)28-19-22-31(29(23-28)24-33)36-32(34)35-30-20-15-26(16-21-30)12-10-8-6-4-2/h13-14,17-19,22-23,26,30H,3-12,15-16,20-21H2,1-2H3/t26-,30-. The number of hydrogen-bond donors (Lipinski definition) is 0. The molecule has 1 fully saturated rings. The maximum Gasteiger partial charge on any atom is 0.514 e. The first-order valence-corrected chi connectivity index (χ1v) is 14.1. The van der Waals surface area contributed by atoms with Crippen LogP contribution in [0.3, 0.4) is 0 Å². The highest BCUT2D eigenvalue weighted by Crippen LogP contribution is 2.31. The van der Waals surface area contributed by atoms with Crippen LogP contribution in [0.15, 0.2) is 42.5 Å². The second-order valence-electron chi connectivity index (χ2n) is 10.3. The van der Waals surface area contributed by atoms with Crippen molar-refractivity contribution < 1.29 is 14.3 Å². The van der Waals surface area contributed by atoms with E-state index in [1.165, 1.54) is 63.4 Å². The monoisotopic (exact) mass is 489 g/mol. The topological polar surface area (TPSA) is 59.3 Å². The third-order valence-corrected chi connectivity index (χ3v) is 7.42. The number of nitrogens with zero attached hydrogens (tertiary/aromatic N) is 1. The molecule has 2 aromatic rings. The molecule has 0 heterocycles. The van der Waals surface area contributed by atoms with Gasteiger partial charge in [0.1, 0.15) is 12.2 Å². The first-order valence-electron chi connectivity index (χ1n) is 14.1. The van der Waals surface area contributed by atoms with E-state index in [0.29, 0.717) is 5.56 Å². The Morgan fingerprint density at radius 2 is 1.53 bits per heavy atom. The Hall–Kier alpha value is -2.80. The Labute approximate surface area is 218 Å². The number of ether oxygens (including phenoxy) is 2. The number of unbranched alkanes of at least 4 members (excludes halogenated alkanes) is 6. The molecule has 0 radical (unpaired) electrons. The molecule has 1 saturated carbocycles. The van der Waals surface area contributed by atoms with E-state index in [1.54, 1.807) is 12.1 Å². The lowest BCUT2D eigenvalue weighted by Crippen LogP contribution is -2.26. The summed E-state index contributed by atoms with van der Waals surface area (Å²) >= 11 is 0. The highest BCUT2D eigenvalue weighted by atomic mass is 16.7. The summed E-state index contributed by atoms with van der Waals surface area (Å²) in [6.07, 6.45) is 15.8. The molecule has 1 aliphatic carbocycles. The summed E-state index contributed by atoms with van der Waals surface area (Å²) < 4.78 is 11.0. The van der Waals surface area contributed by atoms with Crippen LogP contribution < -0.4 is 4.74 Å². The smallest absolute Gasteiger partial charge is 0.431 e. The first-order chi connectivity index (χ1) is 17.6. The van der Waals surface area contributed by atoms with Gasteiger partial charge in [0.05, 0.1) is 5.56 Å². The summed E-state index contributed by atoms with van der Waals surface area (Å²) in [5, 5.41) is 9.66. The van der Waals surface area contributed by atoms with Crippen LogP contribution in [0, 0.1) is 17.2 Å². The van der Waals surface area contributed by atoms with Crippen molar-refractivity contribution in [2.45, 2.75) is 110 Å². The maximum atomic E-state index is 12.4. The van der Waals surface area contributed by atoms with Crippen LogP contribution in [0.4, 0.5) is 4.79 Å². The van der Waals surface area contributed by atoms with E-state index in [2.05, 4.69) is 44.2 Å². The van der Waals surface area contributed by atoms with E-state index in [4.69, 9.17) is 9.47 Å². The lowest BCUT2D eigenvalue weighted by Gasteiger charge is -2.28. The maximum absolute atomic E-state index is 12.4. The average molecular weight is 490 g/mol. The molecular weight excluding hydrogens is 446 g/mol. The zero-order valence-corrected chi connectivity index (χ0v) is 22.3. The summed E-state index contributed by atoms with van der Waals surface area (Å²) in [6.45, 7) is 4.47. The van der Waals surface area contributed by atoms with Gasteiger partial charge in [-0.3, -0.25) is 0 Å². The van der Waals surface area contributed by atoms with Crippen LogP contribution in [0.2, 0.25) is 0 Å². The minimum absolute atomic E-state index is 0.0883. The van der Waals surface area contributed by atoms with Gasteiger partial charge in [-0.05, 0) is 73.3 Å². The summed E-state index contributed by atoms with van der Waals surface area (Å²) in [6, 6.07) is 16.1. The molecule has 1 aliphatic rings. The molecule has 0 bridgehead atoms. The SMILES string of the molecule is CCCCCCc1ccc(-c2ccc(OC(=O)O[C@H]3CC[C@H](CCCCCC)CC3)c(C#N)c2)cc1. The van der Waals surface area contributed by atoms with Crippen LogP contribution in [-0.2, 0) is 11.2 Å². The van der Waals surface area contributed by atoms with Gasteiger partial charge < -0.3 is 9.47 Å². The predicted molar refractivity (Wildman–Crippen MR) is 146 cm³/mol. The number of benzene rings is 2. The minimum atomic E-state index is -0.710. The average Bonchev–Trinajstić information content (AvgIpc) is 2.90. The largest absolute Gasteiger partial charge is 0.514 e. The Morgan fingerprint density at radius 3 is 2.19 bits per heavy atom. The number of carbonyl (C=O) groups is 1. The molecule has 0 atom stereocenters. The lowest BCUT2D eigenvalue weighted by molar-refractivity contribution is 0.0328. The van der Waals surface area contributed by atoms with Crippen molar-refractivity contribution in [3.05, 3.63) is 53.6 Å². The van der Waals surface area contributed by atoms with Crippen molar-refractivity contribution in [3.8, 4) is 22.9 Å². The summed E-state index contributed by atoms with van der Waals surface area (Å²) in [7, 11) is 0. The number of hydrogen-bond acceptors (Lipinski definition) is 4. The van der Waals surface area contributed by atoms with Gasteiger partial charge in [-0.2, -0.15) is 5.26 Å². The van der Waals surface area contributed by atoms with E-state index in [0.717, 1.165) is 49.1 Å². The predicted octanol–water partition coefficient (Wildman–Crippen LogP) is 9.39. The second kappa shape index (κ2) is 15.3. The molecule has 0 saturated heterocycles. The molecule has 3 rings (SSSR count). The third-order valence-electron chi connectivity index (χ3n) is 7.42. The Bertz CT molecular complexity index is 968. The molecule has 0 aromatic heterocycles. The Balaban J connectivity index is 1.49. The summed E-state index contributed by atoms with van der Waals surface area (Å²) in [4.78, 5) is 12.4. The highest BCUT2D eigenvalue weighted by Gasteiger charge is 2.25. The minimum Gasteiger partial charge on any atom is -0.431 e. The van der Waals surface area contributed by atoms with Gasteiger partial charge in [-0.25, -0.2) is 4.79 Å². The van der Waals surface area contributed by atoms with Crippen molar-refractivity contribution in [2.24, 2.45) is 5.92 Å². The molecule has 36 heavy (non-hydrogen) atoms. The number of nitriles is 1. The quantitative estimate of drug-likeness (QED) is 0.160. The fourth-order valence-electron chi connectivity index (χ4n) is 5.15. The molecule has 0 spiro atoms. The van der Waals surface area contributed by atoms with Crippen LogP contribution in [-0.4, -0.2) is 12.3 Å². The molecule has 2 aromatic carbocycles. The van der Waals surface area contributed by atoms with Gasteiger partial charge in [0.25, 0.3) is 0 Å². The lowest BCUT2D eigenvalue weighted by atomic mass is 9.84. The molecule has 0 amide bonds. The normalized spacial score (nSPS) is 17.4. The van der Waals surface area contributed by atoms with E-state index in [-0.39, 0.29) is 11.9 Å². The zero-order valence-electron chi connectivity index (χ0n) is 22.3. The van der Waals surface area contributed by atoms with Gasteiger partial charge >= 0.3 is 6.16 Å².